The van der Waals surface area contributed by atoms with Gasteiger partial charge in [0.25, 0.3) is 5.91 Å². The minimum Gasteiger partial charge on any atom is -0.469 e. The molecule has 20 heavy (non-hydrogen) atoms. The second kappa shape index (κ2) is 6.25. The zero-order valence-corrected chi connectivity index (χ0v) is 11.4. The number of halogens is 1. The first kappa shape index (κ1) is 14.1. The molecule has 2 rings (SSSR count). The van der Waals surface area contributed by atoms with Gasteiger partial charge >= 0.3 is 5.97 Å². The van der Waals surface area contributed by atoms with Crippen molar-refractivity contribution in [1.82, 2.24) is 4.98 Å². The van der Waals surface area contributed by atoms with Crippen LogP contribution in [0, 0.1) is 5.82 Å². The number of hydrogen-bond acceptors (Lipinski definition) is 5. The number of thiazole rings is 1. The number of hydrogen-bond donors (Lipinski definition) is 1. The summed E-state index contributed by atoms with van der Waals surface area (Å²) in [6, 6.07) is 5.18. The Labute approximate surface area is 118 Å². The normalized spacial score (nSPS) is 10.1. The Morgan fingerprint density at radius 2 is 2.05 bits per heavy atom. The van der Waals surface area contributed by atoms with Crippen LogP contribution in [-0.4, -0.2) is 24.0 Å². The number of amides is 1. The molecule has 104 valence electrons. The smallest absolute Gasteiger partial charge is 0.311 e. The van der Waals surface area contributed by atoms with Crippen molar-refractivity contribution in [2.75, 3.05) is 12.4 Å². The summed E-state index contributed by atoms with van der Waals surface area (Å²) in [5.74, 6) is -1.19. The van der Waals surface area contributed by atoms with E-state index < -0.39 is 11.8 Å². The van der Waals surface area contributed by atoms with Gasteiger partial charge in [0.15, 0.2) is 5.13 Å². The molecule has 0 aliphatic rings. The van der Waals surface area contributed by atoms with Crippen LogP contribution in [0.1, 0.15) is 16.1 Å². The predicted octanol–water partition coefficient (Wildman–Crippen LogP) is 2.25. The number of anilines is 1. The van der Waals surface area contributed by atoms with E-state index in [-0.39, 0.29) is 12.3 Å². The highest BCUT2D eigenvalue weighted by molar-refractivity contribution is 7.14. The molecule has 7 heteroatoms. The van der Waals surface area contributed by atoms with Gasteiger partial charge in [0.2, 0.25) is 0 Å². The molecule has 1 aromatic carbocycles. The van der Waals surface area contributed by atoms with Crippen LogP contribution in [0.4, 0.5) is 9.52 Å². The molecule has 0 bridgehead atoms. The summed E-state index contributed by atoms with van der Waals surface area (Å²) in [5, 5.41) is 4.62. The van der Waals surface area contributed by atoms with Crippen LogP contribution in [0.15, 0.2) is 29.6 Å². The molecular formula is C13H11FN2O3S. The number of carbonyl (C=O) groups excluding carboxylic acids is 2. The molecule has 0 atom stereocenters. The van der Waals surface area contributed by atoms with Crippen molar-refractivity contribution >= 4 is 28.3 Å². The number of aromatic nitrogens is 1. The van der Waals surface area contributed by atoms with Crippen molar-refractivity contribution in [2.45, 2.75) is 6.42 Å². The highest BCUT2D eigenvalue weighted by atomic mass is 32.1. The van der Waals surface area contributed by atoms with Crippen LogP contribution in [-0.2, 0) is 16.0 Å². The second-order valence-corrected chi connectivity index (χ2v) is 4.72. The monoisotopic (exact) mass is 294 g/mol. The zero-order chi connectivity index (χ0) is 14.5. The van der Waals surface area contributed by atoms with Gasteiger partial charge in [-0.05, 0) is 24.3 Å². The Balaban J connectivity index is 2.01. The summed E-state index contributed by atoms with van der Waals surface area (Å²) in [7, 11) is 1.30. The third kappa shape index (κ3) is 3.61. The lowest BCUT2D eigenvalue weighted by molar-refractivity contribution is -0.139. The van der Waals surface area contributed by atoms with Gasteiger partial charge in [0.05, 0.1) is 19.2 Å². The van der Waals surface area contributed by atoms with E-state index in [0.717, 1.165) is 0 Å². The molecule has 1 heterocycles. The third-order valence-corrected chi connectivity index (χ3v) is 3.24. The highest BCUT2D eigenvalue weighted by Gasteiger charge is 2.11. The number of benzene rings is 1. The van der Waals surface area contributed by atoms with Gasteiger partial charge in [0.1, 0.15) is 5.82 Å². The fraction of sp³-hybridized carbons (Fsp3) is 0.154. The molecule has 0 aliphatic carbocycles. The lowest BCUT2D eigenvalue weighted by Crippen LogP contribution is -2.12. The number of carbonyl (C=O) groups is 2. The topological polar surface area (TPSA) is 68.3 Å². The molecule has 0 fully saturated rings. The fourth-order valence-corrected chi connectivity index (χ4v) is 2.14. The first-order chi connectivity index (χ1) is 9.58. The van der Waals surface area contributed by atoms with Gasteiger partial charge in [-0.15, -0.1) is 11.3 Å². The van der Waals surface area contributed by atoms with Gasteiger partial charge in [-0.1, -0.05) is 0 Å². The number of esters is 1. The van der Waals surface area contributed by atoms with E-state index in [2.05, 4.69) is 15.0 Å². The van der Waals surface area contributed by atoms with Crippen molar-refractivity contribution in [3.05, 3.63) is 46.7 Å². The van der Waals surface area contributed by atoms with Gasteiger partial charge in [0, 0.05) is 10.9 Å². The molecule has 0 saturated heterocycles. The maximum atomic E-state index is 12.7. The maximum absolute atomic E-state index is 12.7. The third-order valence-electron chi connectivity index (χ3n) is 2.43. The van der Waals surface area contributed by atoms with E-state index in [4.69, 9.17) is 0 Å². The summed E-state index contributed by atoms with van der Waals surface area (Å²) < 4.78 is 17.3. The highest BCUT2D eigenvalue weighted by Crippen LogP contribution is 2.17. The Bertz CT molecular complexity index is 625. The Morgan fingerprint density at radius 3 is 2.70 bits per heavy atom. The average Bonchev–Trinajstić information content (AvgIpc) is 2.86. The molecule has 0 aliphatic heterocycles. The SMILES string of the molecule is COC(=O)Cc1csc(NC(=O)c2ccc(F)cc2)n1. The summed E-state index contributed by atoms with van der Waals surface area (Å²) in [4.78, 5) is 27.0. The maximum Gasteiger partial charge on any atom is 0.311 e. The number of nitrogens with zero attached hydrogens (tertiary/aromatic N) is 1. The van der Waals surface area contributed by atoms with Crippen molar-refractivity contribution in [1.29, 1.82) is 0 Å². The molecule has 0 spiro atoms. The quantitative estimate of drug-likeness (QED) is 0.878. The first-order valence-corrected chi connectivity index (χ1v) is 6.54. The van der Waals surface area contributed by atoms with Crippen LogP contribution in [0.3, 0.4) is 0 Å². The summed E-state index contributed by atoms with van der Waals surface area (Å²) in [6.07, 6.45) is 0.0550. The molecule has 0 unspecified atom stereocenters. The Kier molecular flexibility index (Phi) is 4.41. The second-order valence-electron chi connectivity index (χ2n) is 3.86. The molecule has 1 N–H and O–H groups in total. The summed E-state index contributed by atoms with van der Waals surface area (Å²) in [6.45, 7) is 0. The average molecular weight is 294 g/mol. The predicted molar refractivity (Wildman–Crippen MR) is 72.2 cm³/mol. The largest absolute Gasteiger partial charge is 0.469 e. The number of rotatable bonds is 4. The van der Waals surface area contributed by atoms with Crippen molar-refractivity contribution in [3.63, 3.8) is 0 Å². The van der Waals surface area contributed by atoms with Gasteiger partial charge < -0.3 is 4.74 Å². The van der Waals surface area contributed by atoms with Gasteiger partial charge in [-0.25, -0.2) is 9.37 Å². The molecular weight excluding hydrogens is 283 g/mol. The number of methoxy groups -OCH3 is 1. The zero-order valence-electron chi connectivity index (χ0n) is 10.6. The molecule has 5 nitrogen and oxygen atoms in total. The van der Waals surface area contributed by atoms with Crippen LogP contribution < -0.4 is 5.32 Å². The van der Waals surface area contributed by atoms with E-state index in [1.54, 1.807) is 5.38 Å². The lowest BCUT2D eigenvalue weighted by atomic mass is 10.2. The van der Waals surface area contributed by atoms with E-state index in [9.17, 15) is 14.0 Å². The Morgan fingerprint density at radius 1 is 1.35 bits per heavy atom. The Hall–Kier alpha value is -2.28. The summed E-state index contributed by atoms with van der Waals surface area (Å²) in [5.41, 5.74) is 0.854. The minimum absolute atomic E-state index is 0.0550. The van der Waals surface area contributed by atoms with Crippen molar-refractivity contribution < 1.29 is 18.7 Å². The minimum atomic E-state index is -0.406. The van der Waals surface area contributed by atoms with E-state index in [1.165, 1.54) is 42.7 Å². The van der Waals surface area contributed by atoms with Crippen LogP contribution in [0.2, 0.25) is 0 Å². The molecule has 0 saturated carbocycles. The van der Waals surface area contributed by atoms with Crippen LogP contribution in [0.5, 0.6) is 0 Å². The number of nitrogens with one attached hydrogen (secondary N) is 1. The molecule has 1 aromatic heterocycles. The number of ether oxygens (including phenoxy) is 1. The fourth-order valence-electron chi connectivity index (χ4n) is 1.44. The molecule has 2 aromatic rings. The van der Waals surface area contributed by atoms with Crippen LogP contribution >= 0.6 is 11.3 Å². The molecule has 1 amide bonds. The lowest BCUT2D eigenvalue weighted by Gasteiger charge is -2.01. The van der Waals surface area contributed by atoms with Crippen LogP contribution in [0.25, 0.3) is 0 Å². The summed E-state index contributed by atoms with van der Waals surface area (Å²) >= 11 is 1.20. The van der Waals surface area contributed by atoms with Gasteiger partial charge in [-0.3, -0.25) is 14.9 Å². The van der Waals surface area contributed by atoms with Gasteiger partial charge in [-0.2, -0.15) is 0 Å². The van der Waals surface area contributed by atoms with Crippen molar-refractivity contribution in [2.24, 2.45) is 0 Å². The van der Waals surface area contributed by atoms with E-state index in [0.29, 0.717) is 16.4 Å². The van der Waals surface area contributed by atoms with E-state index in [1.807, 2.05) is 0 Å². The first-order valence-electron chi connectivity index (χ1n) is 5.66. The molecule has 0 radical (unpaired) electrons. The van der Waals surface area contributed by atoms with E-state index >= 15 is 0 Å². The standard InChI is InChI=1S/C13H11FN2O3S/c1-19-11(17)6-10-7-20-13(15-10)16-12(18)8-2-4-9(14)5-3-8/h2-5,7H,6H2,1H3,(H,15,16,18). The van der Waals surface area contributed by atoms with Crippen molar-refractivity contribution in [3.8, 4) is 0 Å².